The Morgan fingerprint density at radius 3 is 2.82 bits per heavy atom. The van der Waals surface area contributed by atoms with Gasteiger partial charge >= 0.3 is 0 Å². The summed E-state index contributed by atoms with van der Waals surface area (Å²) >= 11 is 0. The van der Waals surface area contributed by atoms with Gasteiger partial charge in [0.1, 0.15) is 0 Å². The van der Waals surface area contributed by atoms with Crippen LogP contribution in [0, 0.1) is 10.1 Å². The average molecular weight is 232 g/mol. The van der Waals surface area contributed by atoms with E-state index < -0.39 is 0 Å². The molecule has 0 aliphatic heterocycles. The Morgan fingerprint density at radius 1 is 1.29 bits per heavy atom. The molecule has 17 heavy (non-hydrogen) atoms. The summed E-state index contributed by atoms with van der Waals surface area (Å²) in [5.41, 5.74) is 1.11. The van der Waals surface area contributed by atoms with E-state index in [0.717, 1.165) is 23.9 Å². The molecule has 0 spiro atoms. The molecule has 0 atom stereocenters. The van der Waals surface area contributed by atoms with E-state index in [0.29, 0.717) is 0 Å². The summed E-state index contributed by atoms with van der Waals surface area (Å²) in [6, 6.07) is 7.02. The van der Waals surface area contributed by atoms with Crippen LogP contribution in [-0.4, -0.2) is 9.49 Å². The predicted octanol–water partition coefficient (Wildman–Crippen LogP) is 3.74. The number of rotatable bonds is 5. The summed E-state index contributed by atoms with van der Waals surface area (Å²) < 4.78 is 2.10. The normalized spacial score (nSPS) is 10.9. The molecule has 1 heterocycles. The zero-order valence-corrected chi connectivity index (χ0v) is 9.93. The van der Waals surface area contributed by atoms with Crippen molar-refractivity contribution in [2.45, 2.75) is 32.7 Å². The summed E-state index contributed by atoms with van der Waals surface area (Å²) in [6.07, 6.45) is 5.49. The Kier molecular flexibility index (Phi) is 3.42. The molecule has 0 saturated heterocycles. The molecule has 0 radical (unpaired) electrons. The van der Waals surface area contributed by atoms with Gasteiger partial charge in [0.15, 0.2) is 0 Å². The number of hydrogen-bond acceptors (Lipinski definition) is 2. The molecule has 0 fully saturated rings. The van der Waals surface area contributed by atoms with Crippen LogP contribution in [0.15, 0.2) is 30.5 Å². The largest absolute Gasteiger partial charge is 0.347 e. The first-order chi connectivity index (χ1) is 8.22. The van der Waals surface area contributed by atoms with Gasteiger partial charge in [-0.05, 0) is 18.6 Å². The number of nitrogens with zero attached hydrogens (tertiary/aromatic N) is 2. The fourth-order valence-electron chi connectivity index (χ4n) is 2.01. The van der Waals surface area contributed by atoms with E-state index in [9.17, 15) is 10.1 Å². The molecule has 0 N–H and O–H groups in total. The number of aromatic nitrogens is 1. The minimum atomic E-state index is -0.344. The van der Waals surface area contributed by atoms with Gasteiger partial charge in [0.25, 0.3) is 5.69 Å². The highest BCUT2D eigenvalue weighted by Gasteiger charge is 2.08. The minimum Gasteiger partial charge on any atom is -0.347 e. The lowest BCUT2D eigenvalue weighted by Crippen LogP contribution is -1.96. The number of unbranched alkanes of at least 4 members (excludes halogenated alkanes) is 2. The van der Waals surface area contributed by atoms with E-state index in [1.54, 1.807) is 12.1 Å². The molecule has 0 unspecified atom stereocenters. The van der Waals surface area contributed by atoms with E-state index in [-0.39, 0.29) is 10.6 Å². The van der Waals surface area contributed by atoms with E-state index in [4.69, 9.17) is 0 Å². The van der Waals surface area contributed by atoms with Crippen LogP contribution in [0.3, 0.4) is 0 Å². The summed E-state index contributed by atoms with van der Waals surface area (Å²) in [4.78, 5) is 10.4. The van der Waals surface area contributed by atoms with E-state index in [1.165, 1.54) is 12.8 Å². The average Bonchev–Trinajstić information content (AvgIpc) is 2.72. The third kappa shape index (κ3) is 2.46. The maximum atomic E-state index is 10.7. The van der Waals surface area contributed by atoms with Crippen LogP contribution >= 0.6 is 0 Å². The second-order valence-electron chi connectivity index (χ2n) is 4.22. The molecular weight excluding hydrogens is 216 g/mol. The van der Waals surface area contributed by atoms with E-state index >= 15 is 0 Å². The Bertz CT molecular complexity index is 531. The van der Waals surface area contributed by atoms with Crippen molar-refractivity contribution in [1.29, 1.82) is 0 Å². The number of aryl methyl sites for hydroxylation is 1. The number of hydrogen-bond donors (Lipinski definition) is 0. The highest BCUT2D eigenvalue weighted by Crippen LogP contribution is 2.22. The van der Waals surface area contributed by atoms with Gasteiger partial charge in [-0.2, -0.15) is 0 Å². The quantitative estimate of drug-likeness (QED) is 0.448. The van der Waals surface area contributed by atoms with Crippen LogP contribution in [-0.2, 0) is 6.54 Å². The SMILES string of the molecule is CCCCCn1ccc2ccc([N+](=O)[O-])cc21. The second kappa shape index (κ2) is 4.99. The second-order valence-corrected chi connectivity index (χ2v) is 4.22. The molecule has 90 valence electrons. The van der Waals surface area contributed by atoms with Crippen LogP contribution < -0.4 is 0 Å². The van der Waals surface area contributed by atoms with Gasteiger partial charge in [0.05, 0.1) is 10.4 Å². The molecular formula is C13H16N2O2. The highest BCUT2D eigenvalue weighted by molar-refractivity contribution is 5.82. The number of nitro groups is 1. The topological polar surface area (TPSA) is 48.1 Å². The van der Waals surface area contributed by atoms with E-state index in [1.807, 2.05) is 18.3 Å². The summed E-state index contributed by atoms with van der Waals surface area (Å²) in [7, 11) is 0. The van der Waals surface area contributed by atoms with Crippen LogP contribution in [0.1, 0.15) is 26.2 Å². The third-order valence-electron chi connectivity index (χ3n) is 2.97. The first kappa shape index (κ1) is 11.6. The van der Waals surface area contributed by atoms with Crippen LogP contribution in [0.5, 0.6) is 0 Å². The summed E-state index contributed by atoms with van der Waals surface area (Å²) in [6.45, 7) is 3.09. The molecule has 0 saturated carbocycles. The van der Waals surface area contributed by atoms with Crippen LogP contribution in [0.2, 0.25) is 0 Å². The van der Waals surface area contributed by atoms with Gasteiger partial charge in [0, 0.05) is 30.3 Å². The van der Waals surface area contributed by atoms with Crippen LogP contribution in [0.25, 0.3) is 10.9 Å². The summed E-state index contributed by atoms with van der Waals surface area (Å²) in [5, 5.41) is 11.8. The number of fused-ring (bicyclic) bond motifs is 1. The Hall–Kier alpha value is -1.84. The predicted molar refractivity (Wildman–Crippen MR) is 68.1 cm³/mol. The van der Waals surface area contributed by atoms with Crippen molar-refractivity contribution in [3.8, 4) is 0 Å². The van der Waals surface area contributed by atoms with Gasteiger partial charge in [-0.1, -0.05) is 19.8 Å². The van der Waals surface area contributed by atoms with Crippen molar-refractivity contribution in [3.05, 3.63) is 40.6 Å². The summed E-state index contributed by atoms with van der Waals surface area (Å²) in [5.74, 6) is 0. The molecule has 2 rings (SSSR count). The Morgan fingerprint density at radius 2 is 2.12 bits per heavy atom. The number of nitro benzene ring substituents is 1. The zero-order valence-electron chi connectivity index (χ0n) is 9.93. The van der Waals surface area contributed by atoms with Gasteiger partial charge < -0.3 is 4.57 Å². The molecule has 2 aromatic rings. The first-order valence-electron chi connectivity index (χ1n) is 5.95. The smallest absolute Gasteiger partial charge is 0.271 e. The molecule has 1 aromatic carbocycles. The molecule has 1 aromatic heterocycles. The van der Waals surface area contributed by atoms with E-state index in [2.05, 4.69) is 11.5 Å². The molecule has 0 amide bonds. The maximum Gasteiger partial charge on any atom is 0.271 e. The van der Waals surface area contributed by atoms with Gasteiger partial charge in [-0.3, -0.25) is 10.1 Å². The lowest BCUT2D eigenvalue weighted by atomic mass is 10.2. The van der Waals surface area contributed by atoms with Gasteiger partial charge in [0.2, 0.25) is 0 Å². The Labute approximate surface area is 100 Å². The lowest BCUT2D eigenvalue weighted by Gasteiger charge is -2.04. The molecule has 0 bridgehead atoms. The van der Waals surface area contributed by atoms with Crippen molar-refractivity contribution in [3.63, 3.8) is 0 Å². The Balaban J connectivity index is 2.30. The molecule has 0 aliphatic carbocycles. The standard InChI is InChI=1S/C13H16N2O2/c1-2-3-4-8-14-9-7-11-5-6-12(15(16)17)10-13(11)14/h5-7,9-10H,2-4,8H2,1H3. The van der Waals surface area contributed by atoms with Crippen LogP contribution in [0.4, 0.5) is 5.69 Å². The fourth-order valence-corrected chi connectivity index (χ4v) is 2.01. The minimum absolute atomic E-state index is 0.160. The number of non-ortho nitro benzene ring substituents is 1. The monoisotopic (exact) mass is 232 g/mol. The zero-order chi connectivity index (χ0) is 12.3. The van der Waals surface area contributed by atoms with Gasteiger partial charge in [-0.15, -0.1) is 0 Å². The van der Waals surface area contributed by atoms with Gasteiger partial charge in [-0.25, -0.2) is 0 Å². The van der Waals surface area contributed by atoms with Crippen molar-refractivity contribution >= 4 is 16.6 Å². The van der Waals surface area contributed by atoms with Crippen molar-refractivity contribution in [2.24, 2.45) is 0 Å². The van der Waals surface area contributed by atoms with Crippen molar-refractivity contribution < 1.29 is 4.92 Å². The molecule has 0 aliphatic rings. The maximum absolute atomic E-state index is 10.7. The number of benzene rings is 1. The lowest BCUT2D eigenvalue weighted by molar-refractivity contribution is -0.384. The van der Waals surface area contributed by atoms with Crippen molar-refractivity contribution in [2.75, 3.05) is 0 Å². The highest BCUT2D eigenvalue weighted by atomic mass is 16.6. The fraction of sp³-hybridized carbons (Fsp3) is 0.385. The molecule has 4 heteroatoms. The van der Waals surface area contributed by atoms with Crippen molar-refractivity contribution in [1.82, 2.24) is 4.57 Å². The third-order valence-corrected chi connectivity index (χ3v) is 2.97. The first-order valence-corrected chi connectivity index (χ1v) is 5.95. The molecule has 4 nitrogen and oxygen atoms in total.